The Morgan fingerprint density at radius 3 is 2.05 bits per heavy atom. The van der Waals surface area contributed by atoms with Crippen LogP contribution >= 0.6 is 0 Å². The molecule has 0 unspecified atom stereocenters. The maximum atomic E-state index is 4.89. The Balaban J connectivity index is 2.59. The molecule has 0 aliphatic rings. The third kappa shape index (κ3) is 2.31. The molecule has 3 aromatic rings. The van der Waals surface area contributed by atoms with E-state index in [0.717, 1.165) is 11.0 Å². The van der Waals surface area contributed by atoms with Crippen molar-refractivity contribution in [3.63, 3.8) is 0 Å². The minimum atomic E-state index is 0.0922. The lowest BCUT2D eigenvalue weighted by Gasteiger charge is -2.24. The van der Waals surface area contributed by atoms with Crippen molar-refractivity contribution >= 4 is 21.8 Å². The van der Waals surface area contributed by atoms with Crippen molar-refractivity contribution in [1.29, 1.82) is 0 Å². The van der Waals surface area contributed by atoms with Gasteiger partial charge in [0, 0.05) is 10.8 Å². The lowest BCUT2D eigenvalue weighted by molar-refractivity contribution is 0.601. The van der Waals surface area contributed by atoms with Crippen LogP contribution in [-0.4, -0.2) is 4.98 Å². The van der Waals surface area contributed by atoms with Crippen molar-refractivity contribution in [3.8, 4) is 0 Å². The first-order valence-corrected chi connectivity index (χ1v) is 7.59. The van der Waals surface area contributed by atoms with Gasteiger partial charge in [-0.05, 0) is 67.1 Å². The maximum Gasteiger partial charge on any atom is 0.0715 e. The van der Waals surface area contributed by atoms with Crippen molar-refractivity contribution in [2.24, 2.45) is 0 Å². The molecule has 1 nitrogen and oxygen atoms in total. The number of benzene rings is 2. The zero-order valence-corrected chi connectivity index (χ0v) is 13.8. The highest BCUT2D eigenvalue weighted by atomic mass is 14.7. The van der Waals surface area contributed by atoms with Crippen LogP contribution in [0.15, 0.2) is 30.3 Å². The van der Waals surface area contributed by atoms with Gasteiger partial charge in [0.05, 0.1) is 11.0 Å². The normalized spacial score (nSPS) is 12.3. The zero-order chi connectivity index (χ0) is 15.4. The highest BCUT2D eigenvalue weighted by molar-refractivity contribution is 5.99. The molecule has 0 spiro atoms. The molecular formula is C20H23N. The number of pyridine rings is 1. The smallest absolute Gasteiger partial charge is 0.0715 e. The monoisotopic (exact) mass is 277 g/mol. The minimum Gasteiger partial charge on any atom is -0.248 e. The average Bonchev–Trinajstić information content (AvgIpc) is 2.36. The summed E-state index contributed by atoms with van der Waals surface area (Å²) in [6.07, 6.45) is 0. The van der Waals surface area contributed by atoms with Gasteiger partial charge in [-0.2, -0.15) is 0 Å². The summed E-state index contributed by atoms with van der Waals surface area (Å²) in [5.74, 6) is 0. The van der Waals surface area contributed by atoms with E-state index in [0.29, 0.717) is 0 Å². The number of aryl methyl sites for hydroxylation is 3. The molecule has 0 N–H and O–H groups in total. The van der Waals surface area contributed by atoms with Gasteiger partial charge >= 0.3 is 0 Å². The Labute approximate surface area is 127 Å². The number of nitrogens with zero attached hydrogens (tertiary/aromatic N) is 1. The van der Waals surface area contributed by atoms with E-state index in [1.807, 2.05) is 0 Å². The predicted molar refractivity (Wildman–Crippen MR) is 92.2 cm³/mol. The number of fused-ring (bicyclic) bond motifs is 2. The van der Waals surface area contributed by atoms with Crippen molar-refractivity contribution in [2.75, 3.05) is 0 Å². The highest BCUT2D eigenvalue weighted by Gasteiger charge is 2.21. The third-order valence-corrected chi connectivity index (χ3v) is 4.29. The fourth-order valence-corrected chi connectivity index (χ4v) is 3.12. The summed E-state index contributed by atoms with van der Waals surface area (Å²) < 4.78 is 0. The van der Waals surface area contributed by atoms with Gasteiger partial charge < -0.3 is 0 Å². The fourth-order valence-electron chi connectivity index (χ4n) is 3.12. The van der Waals surface area contributed by atoms with E-state index in [1.165, 1.54) is 33.0 Å². The van der Waals surface area contributed by atoms with Gasteiger partial charge in [-0.3, -0.25) is 0 Å². The second-order valence-corrected chi connectivity index (χ2v) is 7.21. The molecule has 1 aromatic heterocycles. The SMILES string of the molecule is Cc1ccc2nc3cc(C)c(C)cc3c(C(C)(C)C)c2c1. The predicted octanol–water partition coefficient (Wildman–Crippen LogP) is 5.61. The van der Waals surface area contributed by atoms with Crippen molar-refractivity contribution in [1.82, 2.24) is 4.98 Å². The first-order valence-electron chi connectivity index (χ1n) is 7.59. The molecule has 0 amide bonds. The van der Waals surface area contributed by atoms with Crippen LogP contribution in [0.5, 0.6) is 0 Å². The molecule has 0 fully saturated rings. The van der Waals surface area contributed by atoms with Crippen molar-refractivity contribution in [3.05, 3.63) is 52.6 Å². The van der Waals surface area contributed by atoms with Gasteiger partial charge in [-0.1, -0.05) is 32.4 Å². The molecule has 0 radical (unpaired) electrons. The molecule has 108 valence electrons. The number of hydrogen-bond acceptors (Lipinski definition) is 1. The molecular weight excluding hydrogens is 254 g/mol. The van der Waals surface area contributed by atoms with Crippen LogP contribution in [0, 0.1) is 20.8 Å². The molecule has 1 heterocycles. The molecule has 0 aliphatic heterocycles. The minimum absolute atomic E-state index is 0.0922. The van der Waals surface area contributed by atoms with E-state index in [1.54, 1.807) is 0 Å². The van der Waals surface area contributed by atoms with Crippen molar-refractivity contribution in [2.45, 2.75) is 47.0 Å². The van der Waals surface area contributed by atoms with E-state index in [2.05, 4.69) is 71.9 Å². The van der Waals surface area contributed by atoms with Crippen LogP contribution in [0.2, 0.25) is 0 Å². The molecule has 2 aromatic carbocycles. The molecule has 3 rings (SSSR count). The van der Waals surface area contributed by atoms with Crippen LogP contribution in [0.4, 0.5) is 0 Å². The van der Waals surface area contributed by atoms with Gasteiger partial charge in [0.15, 0.2) is 0 Å². The quantitative estimate of drug-likeness (QED) is 0.487. The largest absolute Gasteiger partial charge is 0.248 e. The zero-order valence-electron chi connectivity index (χ0n) is 13.8. The van der Waals surface area contributed by atoms with Crippen LogP contribution in [0.3, 0.4) is 0 Å². The van der Waals surface area contributed by atoms with Crippen LogP contribution in [0.25, 0.3) is 21.8 Å². The second-order valence-electron chi connectivity index (χ2n) is 7.21. The highest BCUT2D eigenvalue weighted by Crippen LogP contribution is 2.36. The topological polar surface area (TPSA) is 12.9 Å². The Hall–Kier alpha value is -1.89. The Morgan fingerprint density at radius 1 is 0.762 bits per heavy atom. The summed E-state index contributed by atoms with van der Waals surface area (Å²) >= 11 is 0. The van der Waals surface area contributed by atoms with E-state index in [9.17, 15) is 0 Å². The summed E-state index contributed by atoms with van der Waals surface area (Å²) in [6, 6.07) is 11.1. The number of rotatable bonds is 0. The fraction of sp³-hybridized carbons (Fsp3) is 0.350. The van der Waals surface area contributed by atoms with E-state index in [4.69, 9.17) is 4.98 Å². The number of hydrogen-bond donors (Lipinski definition) is 0. The van der Waals surface area contributed by atoms with Crippen LogP contribution < -0.4 is 0 Å². The third-order valence-electron chi connectivity index (χ3n) is 4.29. The summed E-state index contributed by atoms with van der Waals surface area (Å²) in [6.45, 7) is 13.4. The molecule has 0 saturated heterocycles. The molecule has 0 bridgehead atoms. The first-order chi connectivity index (χ1) is 9.77. The Bertz CT molecular complexity index is 851. The van der Waals surface area contributed by atoms with Gasteiger partial charge in [-0.15, -0.1) is 0 Å². The van der Waals surface area contributed by atoms with Crippen LogP contribution in [-0.2, 0) is 5.41 Å². The van der Waals surface area contributed by atoms with E-state index >= 15 is 0 Å². The number of aromatic nitrogens is 1. The second kappa shape index (κ2) is 4.56. The molecule has 0 atom stereocenters. The van der Waals surface area contributed by atoms with Crippen molar-refractivity contribution < 1.29 is 0 Å². The van der Waals surface area contributed by atoms with Gasteiger partial charge in [0.2, 0.25) is 0 Å². The first kappa shape index (κ1) is 14.1. The standard InChI is InChI=1S/C20H23N/c1-12-7-8-17-15(9-12)19(20(4,5)6)16-10-13(2)14(3)11-18(16)21-17/h7-11H,1-6H3. The summed E-state index contributed by atoms with van der Waals surface area (Å²) in [4.78, 5) is 4.89. The molecule has 1 heteroatoms. The lowest BCUT2D eigenvalue weighted by atomic mass is 9.81. The van der Waals surface area contributed by atoms with Crippen LogP contribution in [0.1, 0.15) is 43.0 Å². The van der Waals surface area contributed by atoms with Gasteiger partial charge in [0.1, 0.15) is 0 Å². The molecule has 0 saturated carbocycles. The molecule has 0 aliphatic carbocycles. The van der Waals surface area contributed by atoms with Gasteiger partial charge in [-0.25, -0.2) is 4.98 Å². The Kier molecular flexibility index (Phi) is 3.05. The summed E-state index contributed by atoms with van der Waals surface area (Å²) in [5, 5.41) is 2.59. The van der Waals surface area contributed by atoms with E-state index in [-0.39, 0.29) is 5.41 Å². The van der Waals surface area contributed by atoms with Gasteiger partial charge in [0.25, 0.3) is 0 Å². The summed E-state index contributed by atoms with van der Waals surface area (Å²) in [5.41, 5.74) is 7.64. The molecule has 21 heavy (non-hydrogen) atoms. The Morgan fingerprint density at radius 2 is 1.38 bits per heavy atom. The lowest BCUT2D eigenvalue weighted by Crippen LogP contribution is -2.13. The summed E-state index contributed by atoms with van der Waals surface area (Å²) in [7, 11) is 0. The maximum absolute atomic E-state index is 4.89. The van der Waals surface area contributed by atoms with E-state index < -0.39 is 0 Å². The average molecular weight is 277 g/mol.